The summed E-state index contributed by atoms with van der Waals surface area (Å²) in [6, 6.07) is 14.2. The number of hydrogen-bond donors (Lipinski definition) is 2. The molecule has 136 valence electrons. The van der Waals surface area contributed by atoms with Crippen LogP contribution < -0.4 is 10.6 Å². The molecule has 0 spiro atoms. The Kier molecular flexibility index (Phi) is 5.26. The highest BCUT2D eigenvalue weighted by molar-refractivity contribution is 6.07. The number of pyridine rings is 1. The molecule has 0 unspecified atom stereocenters. The number of nitrogens with one attached hydrogen (secondary N) is 2. The lowest BCUT2D eigenvalue weighted by atomic mass is 10.1. The molecule has 1 heterocycles. The van der Waals surface area contributed by atoms with E-state index in [0.717, 1.165) is 11.1 Å². The number of halogens is 1. The van der Waals surface area contributed by atoms with Gasteiger partial charge in [0.05, 0.1) is 0 Å². The maximum Gasteiger partial charge on any atom is 0.274 e. The summed E-state index contributed by atoms with van der Waals surface area (Å²) < 4.78 is 13.2. The number of rotatable bonds is 4. The number of carbonyl (C=O) groups is 2. The number of benzene rings is 2. The molecule has 2 aromatic carbocycles. The van der Waals surface area contributed by atoms with Crippen LogP contribution in [0.4, 0.5) is 15.8 Å². The largest absolute Gasteiger partial charge is 0.322 e. The molecule has 0 aliphatic carbocycles. The number of amides is 2. The molecule has 3 aromatic rings. The fraction of sp³-hybridized carbons (Fsp3) is 0.0952. The summed E-state index contributed by atoms with van der Waals surface area (Å²) in [6.07, 6.45) is 1.39. The molecule has 27 heavy (non-hydrogen) atoms. The fourth-order valence-electron chi connectivity index (χ4n) is 2.71. The smallest absolute Gasteiger partial charge is 0.274 e. The summed E-state index contributed by atoms with van der Waals surface area (Å²) in [5.74, 6) is -1.33. The zero-order valence-corrected chi connectivity index (χ0v) is 14.9. The van der Waals surface area contributed by atoms with Crippen molar-refractivity contribution in [3.63, 3.8) is 0 Å². The lowest BCUT2D eigenvalue weighted by Gasteiger charge is -2.09. The quantitative estimate of drug-likeness (QED) is 0.724. The van der Waals surface area contributed by atoms with Crippen molar-refractivity contribution in [2.75, 3.05) is 10.6 Å². The van der Waals surface area contributed by atoms with Gasteiger partial charge in [-0.2, -0.15) is 0 Å². The zero-order valence-electron chi connectivity index (χ0n) is 14.9. The summed E-state index contributed by atoms with van der Waals surface area (Å²) in [7, 11) is 0. The Hall–Kier alpha value is -3.54. The average molecular weight is 363 g/mol. The zero-order chi connectivity index (χ0) is 19.4. The molecule has 0 bridgehead atoms. The summed E-state index contributed by atoms with van der Waals surface area (Å²) in [5, 5.41) is 5.37. The Morgan fingerprint density at radius 1 is 0.852 bits per heavy atom. The van der Waals surface area contributed by atoms with E-state index in [-0.39, 0.29) is 11.6 Å². The van der Waals surface area contributed by atoms with Gasteiger partial charge in [-0.1, -0.05) is 12.1 Å². The summed E-state index contributed by atoms with van der Waals surface area (Å²) in [6.45, 7) is 3.90. The second kappa shape index (κ2) is 7.78. The average Bonchev–Trinajstić information content (AvgIpc) is 2.61. The van der Waals surface area contributed by atoms with Gasteiger partial charge >= 0.3 is 0 Å². The van der Waals surface area contributed by atoms with Crippen LogP contribution in [0, 0.1) is 19.7 Å². The summed E-state index contributed by atoms with van der Waals surface area (Å²) in [4.78, 5) is 28.8. The van der Waals surface area contributed by atoms with Crippen LogP contribution in [0.2, 0.25) is 0 Å². The second-order valence-corrected chi connectivity index (χ2v) is 6.22. The van der Waals surface area contributed by atoms with E-state index in [0.29, 0.717) is 16.9 Å². The Balaban J connectivity index is 1.76. The molecule has 0 aliphatic rings. The normalized spacial score (nSPS) is 10.3. The predicted octanol–water partition coefficient (Wildman–Crippen LogP) is 4.34. The number of carbonyl (C=O) groups excluding carboxylic acids is 2. The molecular weight excluding hydrogens is 345 g/mol. The number of aromatic nitrogens is 1. The van der Waals surface area contributed by atoms with Gasteiger partial charge in [0.15, 0.2) is 0 Å². The first-order valence-corrected chi connectivity index (χ1v) is 8.33. The molecule has 0 saturated heterocycles. The van der Waals surface area contributed by atoms with Crippen LogP contribution in [-0.4, -0.2) is 16.8 Å². The third-order valence-electron chi connectivity index (χ3n) is 3.82. The standard InChI is InChI=1S/C21H18FN3O2/c1-13-8-14(2)10-18(9-13)25-20(26)15-6-7-23-19(11-15)21(27)24-17-5-3-4-16(22)12-17/h3-12H,1-2H3,(H,24,27)(H,25,26). The van der Waals surface area contributed by atoms with E-state index >= 15 is 0 Å². The molecule has 0 atom stereocenters. The first kappa shape index (κ1) is 18.3. The Morgan fingerprint density at radius 3 is 2.26 bits per heavy atom. The van der Waals surface area contributed by atoms with Crippen LogP contribution in [-0.2, 0) is 0 Å². The lowest BCUT2D eigenvalue weighted by Crippen LogP contribution is -2.17. The summed E-state index contributed by atoms with van der Waals surface area (Å²) in [5.41, 5.74) is 3.43. The van der Waals surface area contributed by atoms with Crippen LogP contribution in [0.3, 0.4) is 0 Å². The van der Waals surface area contributed by atoms with Gasteiger partial charge in [0.25, 0.3) is 11.8 Å². The fourth-order valence-corrected chi connectivity index (χ4v) is 2.71. The molecule has 5 nitrogen and oxygen atoms in total. The highest BCUT2D eigenvalue weighted by atomic mass is 19.1. The first-order valence-electron chi connectivity index (χ1n) is 8.33. The van der Waals surface area contributed by atoms with Gasteiger partial charge in [-0.25, -0.2) is 4.39 Å². The van der Waals surface area contributed by atoms with E-state index in [1.54, 1.807) is 6.07 Å². The monoisotopic (exact) mass is 363 g/mol. The van der Waals surface area contributed by atoms with Gasteiger partial charge < -0.3 is 10.6 Å². The van der Waals surface area contributed by atoms with Crippen LogP contribution in [0.15, 0.2) is 60.8 Å². The van der Waals surface area contributed by atoms with Crippen LogP contribution in [0.5, 0.6) is 0 Å². The van der Waals surface area contributed by atoms with E-state index < -0.39 is 11.7 Å². The van der Waals surface area contributed by atoms with Crippen molar-refractivity contribution in [2.45, 2.75) is 13.8 Å². The van der Waals surface area contributed by atoms with Crippen molar-refractivity contribution in [3.8, 4) is 0 Å². The molecule has 0 aliphatic heterocycles. The van der Waals surface area contributed by atoms with Gasteiger partial charge in [0.2, 0.25) is 0 Å². The van der Waals surface area contributed by atoms with Gasteiger partial charge in [-0.05, 0) is 67.4 Å². The van der Waals surface area contributed by atoms with Gasteiger partial charge in [0.1, 0.15) is 11.5 Å². The number of hydrogen-bond acceptors (Lipinski definition) is 3. The van der Waals surface area contributed by atoms with Crippen molar-refractivity contribution < 1.29 is 14.0 Å². The van der Waals surface area contributed by atoms with E-state index in [1.165, 1.54) is 36.5 Å². The number of nitrogens with zero attached hydrogens (tertiary/aromatic N) is 1. The minimum absolute atomic E-state index is 0.0623. The van der Waals surface area contributed by atoms with Crippen molar-refractivity contribution in [1.29, 1.82) is 0 Å². The highest BCUT2D eigenvalue weighted by Crippen LogP contribution is 2.16. The molecule has 1 aromatic heterocycles. The Bertz CT molecular complexity index is 998. The van der Waals surface area contributed by atoms with E-state index in [9.17, 15) is 14.0 Å². The number of aryl methyl sites for hydroxylation is 2. The molecule has 6 heteroatoms. The molecule has 0 fully saturated rings. The SMILES string of the molecule is Cc1cc(C)cc(NC(=O)c2ccnc(C(=O)Nc3cccc(F)c3)c2)c1. The van der Waals surface area contributed by atoms with Gasteiger partial charge in [0, 0.05) is 23.1 Å². The summed E-state index contributed by atoms with van der Waals surface area (Å²) >= 11 is 0. The van der Waals surface area contributed by atoms with Crippen molar-refractivity contribution in [3.05, 3.63) is 89.0 Å². The molecule has 2 N–H and O–H groups in total. The van der Waals surface area contributed by atoms with E-state index in [4.69, 9.17) is 0 Å². The van der Waals surface area contributed by atoms with Crippen LogP contribution in [0.25, 0.3) is 0 Å². The third kappa shape index (κ3) is 4.76. The molecule has 3 rings (SSSR count). The minimum atomic E-state index is -0.526. The molecule has 2 amide bonds. The van der Waals surface area contributed by atoms with Gasteiger partial charge in [-0.15, -0.1) is 0 Å². The number of anilines is 2. The first-order chi connectivity index (χ1) is 12.9. The van der Waals surface area contributed by atoms with Crippen molar-refractivity contribution >= 4 is 23.2 Å². The Morgan fingerprint density at radius 2 is 1.56 bits per heavy atom. The maximum absolute atomic E-state index is 13.2. The minimum Gasteiger partial charge on any atom is -0.322 e. The van der Waals surface area contributed by atoms with Crippen molar-refractivity contribution in [2.24, 2.45) is 0 Å². The van der Waals surface area contributed by atoms with Crippen LogP contribution in [0.1, 0.15) is 32.0 Å². The van der Waals surface area contributed by atoms with E-state index in [1.807, 2.05) is 32.0 Å². The Labute approximate surface area is 156 Å². The second-order valence-electron chi connectivity index (χ2n) is 6.22. The van der Waals surface area contributed by atoms with E-state index in [2.05, 4.69) is 15.6 Å². The lowest BCUT2D eigenvalue weighted by molar-refractivity contribution is 0.102. The molecule has 0 saturated carbocycles. The predicted molar refractivity (Wildman–Crippen MR) is 102 cm³/mol. The molecular formula is C21H18FN3O2. The van der Waals surface area contributed by atoms with Gasteiger partial charge in [-0.3, -0.25) is 14.6 Å². The highest BCUT2D eigenvalue weighted by Gasteiger charge is 2.13. The maximum atomic E-state index is 13.2. The van der Waals surface area contributed by atoms with Crippen LogP contribution >= 0.6 is 0 Å². The topological polar surface area (TPSA) is 71.1 Å². The van der Waals surface area contributed by atoms with Crippen molar-refractivity contribution in [1.82, 2.24) is 4.98 Å². The third-order valence-corrected chi connectivity index (χ3v) is 3.82. The molecule has 0 radical (unpaired) electrons.